The van der Waals surface area contributed by atoms with E-state index in [1.54, 1.807) is 51.1 Å². The summed E-state index contributed by atoms with van der Waals surface area (Å²) < 4.78 is 0. The number of aliphatic imine (C=N–C) groups is 1. The van der Waals surface area contributed by atoms with Crippen LogP contribution in [0.1, 0.15) is 96.1 Å². The summed E-state index contributed by atoms with van der Waals surface area (Å²) in [6.07, 6.45) is -1.19. The molecule has 2 aromatic carbocycles. The van der Waals surface area contributed by atoms with E-state index >= 15 is 0 Å². The number of guanidine groups is 1. The van der Waals surface area contributed by atoms with Gasteiger partial charge >= 0.3 is 11.9 Å². The summed E-state index contributed by atoms with van der Waals surface area (Å²) >= 11 is 8.02. The lowest BCUT2D eigenvalue weighted by Crippen LogP contribution is -2.61. The molecule has 474 valence electrons. The van der Waals surface area contributed by atoms with Gasteiger partial charge in [0.1, 0.15) is 60.1 Å². The van der Waals surface area contributed by atoms with E-state index in [-0.39, 0.29) is 81.3 Å². The average molecular weight is 1240 g/mol. The normalized spacial score (nSPS) is 16.3. The molecule has 1 saturated heterocycles. The Morgan fingerprint density at radius 1 is 0.628 bits per heavy atom. The fraction of sp³-hybridized carbons (Fsp3) is 0.545. The molecule has 0 radical (unpaired) electrons. The predicted octanol–water partition coefficient (Wildman–Crippen LogP) is -3.04. The Balaban J connectivity index is 1.99. The minimum Gasteiger partial charge on any atom is -0.508 e. The Morgan fingerprint density at radius 3 is 1.71 bits per heavy atom. The van der Waals surface area contributed by atoms with E-state index in [1.807, 2.05) is 0 Å². The van der Waals surface area contributed by atoms with Gasteiger partial charge in [-0.25, -0.2) is 4.79 Å². The maximum atomic E-state index is 15.0. The molecule has 0 saturated carbocycles. The molecular formula is C55H82N14O15S2. The highest BCUT2D eigenvalue weighted by Gasteiger charge is 2.41. The highest BCUT2D eigenvalue weighted by molar-refractivity contribution is 7.80. The molecule has 10 amide bonds. The number of carbonyl (C=O) groups is 12. The third-order valence-corrected chi connectivity index (χ3v) is 14.7. The van der Waals surface area contributed by atoms with Crippen LogP contribution >= 0.6 is 25.3 Å². The largest absolute Gasteiger partial charge is 0.508 e. The number of nitrogens with two attached hydrogens (primary N) is 4. The number of phenols is 1. The van der Waals surface area contributed by atoms with Crippen molar-refractivity contribution in [1.82, 2.24) is 47.4 Å². The number of carboxylic acid groups (broad SMARTS) is 2. The fourth-order valence-corrected chi connectivity index (χ4v) is 9.43. The first-order valence-electron chi connectivity index (χ1n) is 28.0. The van der Waals surface area contributed by atoms with E-state index in [1.165, 1.54) is 24.3 Å². The third-order valence-electron chi connectivity index (χ3n) is 14.0. The zero-order valence-electron chi connectivity index (χ0n) is 48.2. The van der Waals surface area contributed by atoms with Crippen LogP contribution in [-0.4, -0.2) is 182 Å². The summed E-state index contributed by atoms with van der Waals surface area (Å²) in [6, 6.07) is -0.255. The first-order valence-corrected chi connectivity index (χ1v) is 29.3. The molecule has 1 heterocycles. The lowest BCUT2D eigenvalue weighted by atomic mass is 9.96. The quantitative estimate of drug-likeness (QED) is 0.0138. The van der Waals surface area contributed by atoms with Crippen LogP contribution in [0.15, 0.2) is 59.6 Å². The molecule has 1 fully saturated rings. The van der Waals surface area contributed by atoms with Gasteiger partial charge in [0.15, 0.2) is 5.96 Å². The Hall–Kier alpha value is -8.19. The van der Waals surface area contributed by atoms with Crippen LogP contribution in [0.4, 0.5) is 0 Å². The van der Waals surface area contributed by atoms with Gasteiger partial charge in [0, 0.05) is 43.9 Å². The van der Waals surface area contributed by atoms with Crippen LogP contribution in [0, 0.1) is 5.92 Å². The number of rotatable bonds is 37. The van der Waals surface area contributed by atoms with Gasteiger partial charge in [0.05, 0.1) is 12.5 Å². The lowest BCUT2D eigenvalue weighted by molar-refractivity contribution is -0.144. The molecule has 19 N–H and O–H groups in total. The average Bonchev–Trinajstić information content (AvgIpc) is 2.73. The summed E-state index contributed by atoms with van der Waals surface area (Å²) in [4.78, 5) is 167. The summed E-state index contributed by atoms with van der Waals surface area (Å²) in [5.74, 6) is -13.2. The van der Waals surface area contributed by atoms with Crippen LogP contribution in [0.5, 0.6) is 5.75 Å². The number of nitrogens with one attached hydrogen (secondary N) is 8. The summed E-state index contributed by atoms with van der Waals surface area (Å²) in [5.41, 5.74) is 23.2. The fourth-order valence-electron chi connectivity index (χ4n) is 9.02. The van der Waals surface area contributed by atoms with Crippen LogP contribution in [0.3, 0.4) is 0 Å². The number of primary amides is 1. The molecule has 1 aliphatic rings. The topological polar surface area (TPSA) is 481 Å². The van der Waals surface area contributed by atoms with E-state index in [4.69, 9.17) is 22.9 Å². The SMILES string of the molecule is CCC[C@H](NC(=O)[C@@H](NC(=O)[C@H](CC(=O)O)NC(=O)[C@@H]1CCCN1C(=O)[C@H](Cc1ccccc1)NC(=O)[C@H](Cc1ccc(O)cc1)NC(=O)[C@H](CCC(N)=O)NC(=O)[C@H](CCCN=C(N)N)NC(=O)[C@@H](N)CS)[C@@H](C)CC)C(=O)N[C@@H](CS)C(=O)O. The van der Waals surface area contributed by atoms with E-state index in [0.29, 0.717) is 24.0 Å². The second-order valence-corrected chi connectivity index (χ2v) is 21.4. The molecule has 0 aromatic heterocycles. The highest BCUT2D eigenvalue weighted by Crippen LogP contribution is 2.22. The molecule has 0 unspecified atom stereocenters. The number of likely N-dealkylation sites (tertiary alicyclic amines) is 1. The van der Waals surface area contributed by atoms with Crippen molar-refractivity contribution in [3.8, 4) is 5.75 Å². The van der Waals surface area contributed by atoms with Crippen molar-refractivity contribution >= 4 is 102 Å². The van der Waals surface area contributed by atoms with Crippen molar-refractivity contribution in [1.29, 1.82) is 0 Å². The molecule has 1 aliphatic heterocycles. The zero-order valence-corrected chi connectivity index (χ0v) is 50.0. The lowest BCUT2D eigenvalue weighted by Gasteiger charge is -2.31. The molecule has 0 bridgehead atoms. The first-order chi connectivity index (χ1) is 40.7. The van der Waals surface area contributed by atoms with E-state index in [2.05, 4.69) is 72.8 Å². The Bertz CT molecular complexity index is 2710. The summed E-state index contributed by atoms with van der Waals surface area (Å²) in [5, 5.41) is 49.7. The molecule has 0 spiro atoms. The number of carbonyl (C=O) groups excluding carboxylic acids is 10. The van der Waals surface area contributed by atoms with Gasteiger partial charge in [0.25, 0.3) is 0 Å². The first kappa shape index (κ1) is 72.1. The van der Waals surface area contributed by atoms with Gasteiger partial charge in [0.2, 0.25) is 59.1 Å². The zero-order chi connectivity index (χ0) is 64.2. The minimum atomic E-state index is -1.82. The molecular weight excluding hydrogens is 1160 g/mol. The number of nitrogens with zero attached hydrogens (tertiary/aromatic N) is 2. The minimum absolute atomic E-state index is 0.0144. The summed E-state index contributed by atoms with van der Waals surface area (Å²) in [7, 11) is 0. The predicted molar refractivity (Wildman–Crippen MR) is 320 cm³/mol. The number of amides is 10. The van der Waals surface area contributed by atoms with Crippen molar-refractivity contribution in [2.45, 2.75) is 158 Å². The van der Waals surface area contributed by atoms with Gasteiger partial charge in [-0.15, -0.1) is 0 Å². The summed E-state index contributed by atoms with van der Waals surface area (Å²) in [6.45, 7) is 5.04. The molecule has 0 aliphatic carbocycles. The van der Waals surface area contributed by atoms with E-state index in [0.717, 1.165) is 4.90 Å². The van der Waals surface area contributed by atoms with Gasteiger partial charge in [-0.2, -0.15) is 25.3 Å². The van der Waals surface area contributed by atoms with Crippen LogP contribution in [0.25, 0.3) is 0 Å². The standard InChI is InChI=1S/C55H82N14O15S2/c1-4-11-34(46(75)67-40(28-86)54(83)84)63-52(81)44(29(3)5-2)68-50(79)38(26-43(72)73)65-51(80)41-15-10-23-69(41)53(82)39(25-30-12-7-6-8-13-30)66-49(78)37(24-31-16-18-32(70)19-17-31)64-48(77)36(20-21-42(57)71)62-47(76)35(14-9-22-60-55(58)59)61-45(74)33(56)27-85/h6-8,12-13,16-19,29,33-41,44,70,85-86H,4-5,9-11,14-15,20-28,56H2,1-3H3,(H2,57,71)(H,61,74)(H,62,76)(H,63,81)(H,64,77)(H,65,80)(H,66,78)(H,67,75)(H,68,79)(H,72,73)(H,83,84)(H4,58,59,60)/t29-,33-,34-,35-,36-,37-,38-,39-,40-,41-,44-/m0/s1. The smallest absolute Gasteiger partial charge is 0.327 e. The van der Waals surface area contributed by atoms with Gasteiger partial charge in [-0.1, -0.05) is 76.1 Å². The molecule has 3 rings (SSSR count). The number of carboxylic acids is 2. The van der Waals surface area contributed by atoms with Gasteiger partial charge in [-0.05, 0) is 67.7 Å². The molecule has 2 aromatic rings. The second-order valence-electron chi connectivity index (χ2n) is 20.7. The molecule has 31 heteroatoms. The second kappa shape index (κ2) is 36.6. The highest BCUT2D eigenvalue weighted by atomic mass is 32.1. The molecule has 29 nitrogen and oxygen atoms in total. The monoisotopic (exact) mass is 1240 g/mol. The number of hydrogen-bond donors (Lipinski definition) is 17. The molecule has 86 heavy (non-hydrogen) atoms. The Kier molecular flexibility index (Phi) is 30.7. The number of benzene rings is 2. The number of aliphatic carboxylic acids is 2. The number of hydrogen-bond acceptors (Lipinski definition) is 17. The Labute approximate surface area is 508 Å². The van der Waals surface area contributed by atoms with Crippen molar-refractivity contribution < 1.29 is 72.9 Å². The Morgan fingerprint density at radius 2 is 1.15 bits per heavy atom. The van der Waals surface area contributed by atoms with Crippen molar-refractivity contribution in [2.75, 3.05) is 24.6 Å². The third kappa shape index (κ3) is 24.1. The number of thiol groups is 2. The van der Waals surface area contributed by atoms with Gasteiger partial charge in [-0.3, -0.25) is 57.7 Å². The van der Waals surface area contributed by atoms with Gasteiger partial charge < -0.3 is 85.7 Å². The van der Waals surface area contributed by atoms with E-state index < -0.39 is 157 Å². The van der Waals surface area contributed by atoms with Crippen LogP contribution in [0.2, 0.25) is 0 Å². The van der Waals surface area contributed by atoms with Crippen LogP contribution in [-0.2, 0) is 70.4 Å². The maximum absolute atomic E-state index is 15.0. The van der Waals surface area contributed by atoms with Crippen molar-refractivity contribution in [3.05, 3.63) is 65.7 Å². The van der Waals surface area contributed by atoms with Crippen molar-refractivity contribution in [3.63, 3.8) is 0 Å². The van der Waals surface area contributed by atoms with Crippen LogP contribution < -0.4 is 65.5 Å². The molecule has 11 atom stereocenters. The van der Waals surface area contributed by atoms with E-state index in [9.17, 15) is 72.9 Å². The maximum Gasteiger partial charge on any atom is 0.327 e. The number of aromatic hydroxyl groups is 1. The van der Waals surface area contributed by atoms with Crippen molar-refractivity contribution in [2.24, 2.45) is 33.8 Å². The number of phenolic OH excluding ortho intramolecular Hbond substituents is 1.